The minimum absolute atomic E-state index is 0.376. The van der Waals surface area contributed by atoms with Crippen LogP contribution in [0.4, 0.5) is 0 Å². The van der Waals surface area contributed by atoms with E-state index >= 15 is 0 Å². The molecule has 0 amide bonds. The summed E-state index contributed by atoms with van der Waals surface area (Å²) in [5, 5.41) is 10.5. The molecule has 0 radical (unpaired) electrons. The van der Waals surface area contributed by atoms with Crippen LogP contribution in [0.5, 0.6) is 0 Å². The highest BCUT2D eigenvalue weighted by atomic mass is 79.9. The predicted octanol–water partition coefficient (Wildman–Crippen LogP) is 4.99. The Kier molecular flexibility index (Phi) is 4.23. The van der Waals surface area contributed by atoms with Crippen LogP contribution in [0.3, 0.4) is 0 Å². The molecule has 3 rings (SSSR count). The Morgan fingerprint density at radius 2 is 1.85 bits per heavy atom. The van der Waals surface area contributed by atoms with E-state index in [1.165, 1.54) is 30.4 Å². The van der Waals surface area contributed by atoms with Crippen LogP contribution in [0.25, 0.3) is 0 Å². The summed E-state index contributed by atoms with van der Waals surface area (Å²) in [5.74, 6) is 0.485. The molecular formula is C18H19BrO. The molecule has 2 aromatic carbocycles. The van der Waals surface area contributed by atoms with Gasteiger partial charge in [-0.2, -0.15) is 0 Å². The summed E-state index contributed by atoms with van der Waals surface area (Å²) >= 11 is 3.43. The lowest BCUT2D eigenvalue weighted by Gasteiger charge is -2.27. The van der Waals surface area contributed by atoms with Crippen LogP contribution >= 0.6 is 15.9 Å². The highest BCUT2D eigenvalue weighted by Gasteiger charge is 2.22. The van der Waals surface area contributed by atoms with Gasteiger partial charge in [0.15, 0.2) is 0 Å². The van der Waals surface area contributed by atoms with Crippen molar-refractivity contribution in [3.05, 3.63) is 69.7 Å². The molecule has 2 heteroatoms. The fraction of sp³-hybridized carbons (Fsp3) is 0.333. The minimum Gasteiger partial charge on any atom is -0.388 e. The molecule has 0 fully saturated rings. The van der Waals surface area contributed by atoms with Crippen LogP contribution < -0.4 is 0 Å². The van der Waals surface area contributed by atoms with E-state index in [0.717, 1.165) is 16.5 Å². The Hall–Kier alpha value is -1.12. The number of hydrogen-bond acceptors (Lipinski definition) is 1. The lowest BCUT2D eigenvalue weighted by molar-refractivity contribution is 0.154. The number of fused-ring (bicyclic) bond motifs is 1. The van der Waals surface area contributed by atoms with Crippen LogP contribution in [0.2, 0.25) is 0 Å². The van der Waals surface area contributed by atoms with Gasteiger partial charge in [0, 0.05) is 4.47 Å². The number of halogens is 1. The van der Waals surface area contributed by atoms with Crippen LogP contribution in [0.1, 0.15) is 48.0 Å². The van der Waals surface area contributed by atoms with Crippen molar-refractivity contribution in [1.29, 1.82) is 0 Å². The van der Waals surface area contributed by atoms with Gasteiger partial charge in [-0.15, -0.1) is 0 Å². The molecule has 1 aliphatic carbocycles. The van der Waals surface area contributed by atoms with Gasteiger partial charge >= 0.3 is 0 Å². The quantitative estimate of drug-likeness (QED) is 0.840. The third-order valence-electron chi connectivity index (χ3n) is 4.26. The van der Waals surface area contributed by atoms with Crippen molar-refractivity contribution in [2.75, 3.05) is 0 Å². The van der Waals surface area contributed by atoms with E-state index in [9.17, 15) is 5.11 Å². The van der Waals surface area contributed by atoms with Gasteiger partial charge in [0.25, 0.3) is 0 Å². The Bertz CT molecular complexity index is 576. The van der Waals surface area contributed by atoms with E-state index in [1.54, 1.807) is 0 Å². The maximum Gasteiger partial charge on any atom is 0.0795 e. The van der Waals surface area contributed by atoms with Crippen LogP contribution in [-0.2, 0) is 6.42 Å². The average Bonchev–Trinajstić information content (AvgIpc) is 2.48. The van der Waals surface area contributed by atoms with E-state index in [0.29, 0.717) is 5.92 Å². The lowest BCUT2D eigenvalue weighted by atomic mass is 9.79. The van der Waals surface area contributed by atoms with Crippen molar-refractivity contribution in [3.8, 4) is 0 Å². The first-order chi connectivity index (χ1) is 9.74. The Morgan fingerprint density at radius 3 is 2.65 bits per heavy atom. The molecule has 0 saturated carbocycles. The highest BCUT2D eigenvalue weighted by molar-refractivity contribution is 9.10. The zero-order valence-corrected chi connectivity index (χ0v) is 13.0. The van der Waals surface area contributed by atoms with E-state index < -0.39 is 0 Å². The summed E-state index contributed by atoms with van der Waals surface area (Å²) in [6.07, 6.45) is 4.04. The van der Waals surface area contributed by atoms with Crippen molar-refractivity contribution in [2.45, 2.75) is 37.7 Å². The molecule has 1 N–H and O–H groups in total. The van der Waals surface area contributed by atoms with Crippen LogP contribution in [0.15, 0.2) is 53.0 Å². The minimum atomic E-state index is -0.376. The SMILES string of the molecule is OC(CC1CCCc2ccccc21)c1ccc(Br)cc1. The summed E-state index contributed by atoms with van der Waals surface area (Å²) < 4.78 is 1.05. The fourth-order valence-electron chi connectivity index (χ4n) is 3.19. The number of aliphatic hydroxyl groups excluding tert-OH is 1. The molecular weight excluding hydrogens is 312 g/mol. The molecule has 2 unspecified atom stereocenters. The summed E-state index contributed by atoms with van der Waals surface area (Å²) in [5.41, 5.74) is 3.91. The van der Waals surface area contributed by atoms with E-state index in [2.05, 4.69) is 40.2 Å². The first kappa shape index (κ1) is 13.8. The topological polar surface area (TPSA) is 20.2 Å². The van der Waals surface area contributed by atoms with Crippen molar-refractivity contribution < 1.29 is 5.11 Å². The molecule has 0 saturated heterocycles. The molecule has 2 aromatic rings. The van der Waals surface area contributed by atoms with E-state index in [1.807, 2.05) is 24.3 Å². The summed E-state index contributed by atoms with van der Waals surface area (Å²) in [4.78, 5) is 0. The monoisotopic (exact) mass is 330 g/mol. The van der Waals surface area contributed by atoms with Crippen molar-refractivity contribution >= 4 is 15.9 Å². The number of aryl methyl sites for hydroxylation is 1. The smallest absolute Gasteiger partial charge is 0.0795 e. The first-order valence-corrected chi connectivity index (χ1v) is 8.04. The lowest BCUT2D eigenvalue weighted by Crippen LogP contribution is -2.13. The van der Waals surface area contributed by atoms with Crippen molar-refractivity contribution in [3.63, 3.8) is 0 Å². The normalized spacial score (nSPS) is 19.4. The van der Waals surface area contributed by atoms with Crippen molar-refractivity contribution in [1.82, 2.24) is 0 Å². The summed E-state index contributed by atoms with van der Waals surface area (Å²) in [7, 11) is 0. The van der Waals surface area contributed by atoms with E-state index in [4.69, 9.17) is 0 Å². The van der Waals surface area contributed by atoms with Gasteiger partial charge in [0.05, 0.1) is 6.10 Å². The molecule has 2 atom stereocenters. The second kappa shape index (κ2) is 6.11. The standard InChI is InChI=1S/C18H19BrO/c19-16-10-8-14(9-11-16)18(20)12-15-6-3-5-13-4-1-2-7-17(13)15/h1-2,4,7-11,15,18,20H,3,5-6,12H2. The molecule has 0 heterocycles. The molecule has 1 nitrogen and oxygen atoms in total. The molecule has 1 aliphatic rings. The maximum absolute atomic E-state index is 10.5. The number of aliphatic hydroxyl groups is 1. The average molecular weight is 331 g/mol. The largest absolute Gasteiger partial charge is 0.388 e. The Labute approximate surface area is 128 Å². The molecule has 104 valence electrons. The number of benzene rings is 2. The van der Waals surface area contributed by atoms with E-state index in [-0.39, 0.29) is 6.10 Å². The van der Waals surface area contributed by atoms with Crippen LogP contribution in [0, 0.1) is 0 Å². The van der Waals surface area contributed by atoms with Gasteiger partial charge in [0.1, 0.15) is 0 Å². The van der Waals surface area contributed by atoms with Gasteiger partial charge in [-0.05, 0) is 60.4 Å². The van der Waals surface area contributed by atoms with Gasteiger partial charge in [0.2, 0.25) is 0 Å². The third-order valence-corrected chi connectivity index (χ3v) is 4.78. The molecule has 0 aliphatic heterocycles. The molecule has 20 heavy (non-hydrogen) atoms. The second-order valence-electron chi connectivity index (χ2n) is 5.59. The van der Waals surface area contributed by atoms with Crippen LogP contribution in [-0.4, -0.2) is 5.11 Å². The van der Waals surface area contributed by atoms with Gasteiger partial charge in [-0.3, -0.25) is 0 Å². The molecule has 0 spiro atoms. The van der Waals surface area contributed by atoms with Gasteiger partial charge in [-0.1, -0.05) is 52.3 Å². The Balaban J connectivity index is 1.77. The first-order valence-electron chi connectivity index (χ1n) is 7.25. The molecule has 0 aromatic heterocycles. The van der Waals surface area contributed by atoms with Gasteiger partial charge < -0.3 is 5.11 Å². The fourth-order valence-corrected chi connectivity index (χ4v) is 3.45. The molecule has 0 bridgehead atoms. The second-order valence-corrected chi connectivity index (χ2v) is 6.51. The van der Waals surface area contributed by atoms with Gasteiger partial charge in [-0.25, -0.2) is 0 Å². The van der Waals surface area contributed by atoms with Crippen molar-refractivity contribution in [2.24, 2.45) is 0 Å². The Morgan fingerprint density at radius 1 is 1.10 bits per heavy atom. The summed E-state index contributed by atoms with van der Waals surface area (Å²) in [6, 6.07) is 16.7. The zero-order chi connectivity index (χ0) is 13.9. The zero-order valence-electron chi connectivity index (χ0n) is 11.4. The third kappa shape index (κ3) is 2.97. The maximum atomic E-state index is 10.5. The predicted molar refractivity (Wildman–Crippen MR) is 85.8 cm³/mol. The number of hydrogen-bond donors (Lipinski definition) is 1. The summed E-state index contributed by atoms with van der Waals surface area (Å²) in [6.45, 7) is 0. The highest BCUT2D eigenvalue weighted by Crippen LogP contribution is 2.37. The number of rotatable bonds is 3.